The van der Waals surface area contributed by atoms with Crippen molar-refractivity contribution in [2.75, 3.05) is 5.32 Å². The molecule has 0 fully saturated rings. The number of hydrogen-bond donors (Lipinski definition) is 2. The van der Waals surface area contributed by atoms with Crippen molar-refractivity contribution in [3.8, 4) is 0 Å². The lowest BCUT2D eigenvalue weighted by atomic mass is 10.2. The maximum absolute atomic E-state index is 11.8. The Bertz CT molecular complexity index is 678. The zero-order valence-corrected chi connectivity index (χ0v) is 12.4. The highest BCUT2D eigenvalue weighted by Gasteiger charge is 2.00. The number of nitrogens with one attached hydrogen (secondary N) is 2. The second kappa shape index (κ2) is 7.78. The van der Waals surface area contributed by atoms with E-state index in [1.807, 2.05) is 54.6 Å². The molecule has 0 aromatic heterocycles. The lowest BCUT2D eigenvalue weighted by Gasteiger charge is -2.06. The molecular formula is C18H18N2O2. The largest absolute Gasteiger partial charge is 0.348 e. The standard InChI is InChI=1S/C18H18N2O2/c1-14(21)20-17-9-5-8-16(12-17)13-19-18(22)11-10-15-6-3-2-4-7-15/h2-12H,13H2,1H3,(H,19,22)(H,20,21)/b11-10-. The van der Waals surface area contributed by atoms with Gasteiger partial charge < -0.3 is 10.6 Å². The normalized spacial score (nSPS) is 10.4. The van der Waals surface area contributed by atoms with Crippen LogP contribution < -0.4 is 10.6 Å². The van der Waals surface area contributed by atoms with E-state index in [0.717, 1.165) is 16.8 Å². The minimum absolute atomic E-state index is 0.119. The summed E-state index contributed by atoms with van der Waals surface area (Å²) < 4.78 is 0. The molecule has 0 aliphatic carbocycles. The Kier molecular flexibility index (Phi) is 5.49. The second-order valence-corrected chi connectivity index (χ2v) is 4.84. The first-order valence-electron chi connectivity index (χ1n) is 7.01. The van der Waals surface area contributed by atoms with E-state index in [2.05, 4.69) is 10.6 Å². The van der Waals surface area contributed by atoms with E-state index in [0.29, 0.717) is 6.54 Å². The van der Waals surface area contributed by atoms with Crippen LogP contribution in [0.5, 0.6) is 0 Å². The Balaban J connectivity index is 1.88. The Morgan fingerprint density at radius 1 is 1.05 bits per heavy atom. The number of rotatable bonds is 5. The van der Waals surface area contributed by atoms with Gasteiger partial charge in [-0.05, 0) is 29.3 Å². The van der Waals surface area contributed by atoms with Gasteiger partial charge >= 0.3 is 0 Å². The third kappa shape index (κ3) is 5.25. The number of anilines is 1. The molecule has 0 aliphatic heterocycles. The van der Waals surface area contributed by atoms with Crippen LogP contribution in [0.4, 0.5) is 5.69 Å². The molecule has 0 saturated heterocycles. The van der Waals surface area contributed by atoms with Gasteiger partial charge in [0.15, 0.2) is 0 Å². The Morgan fingerprint density at radius 3 is 2.55 bits per heavy atom. The number of amides is 2. The van der Waals surface area contributed by atoms with Crippen LogP contribution in [0.1, 0.15) is 18.1 Å². The smallest absolute Gasteiger partial charge is 0.244 e. The summed E-state index contributed by atoms with van der Waals surface area (Å²) >= 11 is 0. The zero-order chi connectivity index (χ0) is 15.8. The van der Waals surface area contributed by atoms with Gasteiger partial charge in [0.1, 0.15) is 0 Å². The maximum Gasteiger partial charge on any atom is 0.244 e. The third-order valence-corrected chi connectivity index (χ3v) is 2.94. The van der Waals surface area contributed by atoms with Crippen molar-refractivity contribution in [3.05, 3.63) is 71.8 Å². The van der Waals surface area contributed by atoms with Crippen LogP contribution in [0.15, 0.2) is 60.7 Å². The van der Waals surface area contributed by atoms with Gasteiger partial charge in [0.25, 0.3) is 0 Å². The van der Waals surface area contributed by atoms with Crippen molar-refractivity contribution < 1.29 is 9.59 Å². The maximum atomic E-state index is 11.8. The Labute approximate surface area is 129 Å². The predicted octanol–water partition coefficient (Wildman–Crippen LogP) is 2.97. The Hall–Kier alpha value is -2.88. The summed E-state index contributed by atoms with van der Waals surface area (Å²) in [5.41, 5.74) is 2.62. The van der Waals surface area contributed by atoms with Crippen LogP contribution in [-0.2, 0) is 16.1 Å². The van der Waals surface area contributed by atoms with Gasteiger partial charge in [-0.1, -0.05) is 42.5 Å². The molecule has 2 aromatic rings. The van der Waals surface area contributed by atoms with Gasteiger partial charge in [0.05, 0.1) is 0 Å². The molecule has 0 spiro atoms. The molecule has 0 heterocycles. The molecule has 22 heavy (non-hydrogen) atoms. The first-order chi connectivity index (χ1) is 10.6. The van der Waals surface area contributed by atoms with Gasteiger partial charge in [-0.15, -0.1) is 0 Å². The van der Waals surface area contributed by atoms with E-state index in [4.69, 9.17) is 0 Å². The molecule has 0 saturated carbocycles. The summed E-state index contributed by atoms with van der Waals surface area (Å²) in [5.74, 6) is -0.277. The van der Waals surface area contributed by atoms with Gasteiger partial charge in [-0.25, -0.2) is 0 Å². The average Bonchev–Trinajstić information content (AvgIpc) is 2.52. The molecular weight excluding hydrogens is 276 g/mol. The van der Waals surface area contributed by atoms with Crippen molar-refractivity contribution >= 4 is 23.6 Å². The fraction of sp³-hybridized carbons (Fsp3) is 0.111. The molecule has 0 unspecified atom stereocenters. The fourth-order valence-corrected chi connectivity index (χ4v) is 1.95. The quantitative estimate of drug-likeness (QED) is 0.833. The molecule has 4 heteroatoms. The topological polar surface area (TPSA) is 58.2 Å². The van der Waals surface area contributed by atoms with Crippen LogP contribution in [0.3, 0.4) is 0 Å². The van der Waals surface area contributed by atoms with Crippen LogP contribution >= 0.6 is 0 Å². The van der Waals surface area contributed by atoms with Crippen LogP contribution in [0.2, 0.25) is 0 Å². The number of carbonyl (C=O) groups excluding carboxylic acids is 2. The van der Waals surface area contributed by atoms with Crippen molar-refractivity contribution in [1.82, 2.24) is 5.32 Å². The minimum atomic E-state index is -0.159. The van der Waals surface area contributed by atoms with Gasteiger partial charge in [0.2, 0.25) is 11.8 Å². The molecule has 2 aromatic carbocycles. The summed E-state index contributed by atoms with van der Waals surface area (Å²) in [7, 11) is 0. The number of benzene rings is 2. The highest BCUT2D eigenvalue weighted by molar-refractivity contribution is 5.91. The molecule has 0 aliphatic rings. The van der Waals surface area contributed by atoms with E-state index in [1.54, 1.807) is 6.08 Å². The van der Waals surface area contributed by atoms with Gasteiger partial charge in [-0.2, -0.15) is 0 Å². The number of hydrogen-bond acceptors (Lipinski definition) is 2. The molecule has 0 radical (unpaired) electrons. The van der Waals surface area contributed by atoms with Crippen molar-refractivity contribution in [1.29, 1.82) is 0 Å². The lowest BCUT2D eigenvalue weighted by molar-refractivity contribution is -0.116. The first-order valence-corrected chi connectivity index (χ1v) is 7.01. The molecule has 0 atom stereocenters. The second-order valence-electron chi connectivity index (χ2n) is 4.84. The molecule has 4 nitrogen and oxygen atoms in total. The fourth-order valence-electron chi connectivity index (χ4n) is 1.95. The summed E-state index contributed by atoms with van der Waals surface area (Å²) in [6.07, 6.45) is 3.27. The van der Waals surface area contributed by atoms with E-state index in [-0.39, 0.29) is 11.8 Å². The van der Waals surface area contributed by atoms with E-state index in [1.165, 1.54) is 13.0 Å². The molecule has 0 bridgehead atoms. The summed E-state index contributed by atoms with van der Waals surface area (Å²) in [4.78, 5) is 22.8. The van der Waals surface area contributed by atoms with Crippen molar-refractivity contribution in [2.45, 2.75) is 13.5 Å². The monoisotopic (exact) mass is 294 g/mol. The van der Waals surface area contributed by atoms with Crippen molar-refractivity contribution in [3.63, 3.8) is 0 Å². The summed E-state index contributed by atoms with van der Waals surface area (Å²) in [5, 5.41) is 5.53. The Morgan fingerprint density at radius 2 is 1.82 bits per heavy atom. The van der Waals surface area contributed by atoms with Crippen LogP contribution in [-0.4, -0.2) is 11.8 Å². The van der Waals surface area contributed by atoms with Gasteiger partial charge in [-0.3, -0.25) is 9.59 Å². The summed E-state index contributed by atoms with van der Waals surface area (Å²) in [6.45, 7) is 1.87. The first kappa shape index (κ1) is 15.5. The predicted molar refractivity (Wildman–Crippen MR) is 88.1 cm³/mol. The van der Waals surface area contributed by atoms with E-state index in [9.17, 15) is 9.59 Å². The van der Waals surface area contributed by atoms with E-state index < -0.39 is 0 Å². The van der Waals surface area contributed by atoms with Crippen LogP contribution in [0, 0.1) is 0 Å². The lowest BCUT2D eigenvalue weighted by Crippen LogP contribution is -2.20. The minimum Gasteiger partial charge on any atom is -0.348 e. The molecule has 2 amide bonds. The van der Waals surface area contributed by atoms with Crippen LogP contribution in [0.25, 0.3) is 6.08 Å². The summed E-state index contributed by atoms with van der Waals surface area (Å²) in [6, 6.07) is 17.0. The zero-order valence-electron chi connectivity index (χ0n) is 12.4. The van der Waals surface area contributed by atoms with Crippen molar-refractivity contribution in [2.24, 2.45) is 0 Å². The highest BCUT2D eigenvalue weighted by Crippen LogP contribution is 2.10. The molecule has 112 valence electrons. The average molecular weight is 294 g/mol. The highest BCUT2D eigenvalue weighted by atomic mass is 16.2. The SMILES string of the molecule is CC(=O)Nc1cccc(CNC(=O)/C=C\c2ccccc2)c1. The number of carbonyl (C=O) groups is 2. The molecule has 2 N–H and O–H groups in total. The third-order valence-electron chi connectivity index (χ3n) is 2.94. The molecule has 2 rings (SSSR count). The van der Waals surface area contributed by atoms with E-state index >= 15 is 0 Å². The van der Waals surface area contributed by atoms with Gasteiger partial charge in [0, 0.05) is 25.2 Å².